The van der Waals surface area contributed by atoms with Gasteiger partial charge in [0, 0.05) is 26.3 Å². The topological polar surface area (TPSA) is 96.3 Å². The standard InChI is InChI=1S/C14H24N4O3/c1-10(2)6-12(13(19)20)8-16-14(21)15-5-4-11-7-17-18(3)9-11/h7,9-10,12H,4-6,8H2,1-3H3,(H,19,20)(H2,15,16,21). The molecule has 0 aliphatic heterocycles. The fourth-order valence-corrected chi connectivity index (χ4v) is 2.04. The molecule has 0 bridgehead atoms. The third-order valence-corrected chi connectivity index (χ3v) is 3.07. The molecule has 0 saturated heterocycles. The fourth-order valence-electron chi connectivity index (χ4n) is 2.04. The Morgan fingerprint density at radius 1 is 1.38 bits per heavy atom. The molecule has 7 heteroatoms. The zero-order valence-corrected chi connectivity index (χ0v) is 12.8. The number of aromatic nitrogens is 2. The second-order valence-corrected chi connectivity index (χ2v) is 5.57. The number of amides is 2. The van der Waals surface area contributed by atoms with Gasteiger partial charge in [0.2, 0.25) is 0 Å². The van der Waals surface area contributed by atoms with Crippen LogP contribution in [0.4, 0.5) is 4.79 Å². The number of aryl methyl sites for hydroxylation is 1. The maximum absolute atomic E-state index is 11.6. The van der Waals surface area contributed by atoms with Crippen LogP contribution in [0.3, 0.4) is 0 Å². The highest BCUT2D eigenvalue weighted by Gasteiger charge is 2.19. The van der Waals surface area contributed by atoms with E-state index >= 15 is 0 Å². The lowest BCUT2D eigenvalue weighted by molar-refractivity contribution is -0.142. The average molecular weight is 296 g/mol. The van der Waals surface area contributed by atoms with E-state index in [0.717, 1.165) is 5.56 Å². The lowest BCUT2D eigenvalue weighted by Crippen LogP contribution is -2.40. The second-order valence-electron chi connectivity index (χ2n) is 5.57. The van der Waals surface area contributed by atoms with Crippen molar-refractivity contribution in [2.45, 2.75) is 26.7 Å². The lowest BCUT2D eigenvalue weighted by atomic mass is 9.97. The summed E-state index contributed by atoms with van der Waals surface area (Å²) in [5, 5.41) is 18.4. The zero-order valence-electron chi connectivity index (χ0n) is 12.8. The first-order chi connectivity index (χ1) is 9.88. The van der Waals surface area contributed by atoms with Crippen LogP contribution in [-0.2, 0) is 18.3 Å². The van der Waals surface area contributed by atoms with Crippen LogP contribution in [0.15, 0.2) is 12.4 Å². The minimum Gasteiger partial charge on any atom is -0.481 e. The summed E-state index contributed by atoms with van der Waals surface area (Å²) in [6.45, 7) is 4.56. The first-order valence-corrected chi connectivity index (χ1v) is 7.10. The first-order valence-electron chi connectivity index (χ1n) is 7.10. The predicted octanol–water partition coefficient (Wildman–Crippen LogP) is 1.01. The summed E-state index contributed by atoms with van der Waals surface area (Å²) in [7, 11) is 1.84. The Labute approximate surface area is 124 Å². The summed E-state index contributed by atoms with van der Waals surface area (Å²) in [5.74, 6) is -1.14. The molecular formula is C14H24N4O3. The summed E-state index contributed by atoms with van der Waals surface area (Å²) >= 11 is 0. The van der Waals surface area contributed by atoms with Crippen molar-refractivity contribution < 1.29 is 14.7 Å². The molecule has 1 aromatic rings. The van der Waals surface area contributed by atoms with Crippen molar-refractivity contribution in [3.8, 4) is 0 Å². The summed E-state index contributed by atoms with van der Waals surface area (Å²) in [6, 6.07) is -0.339. The van der Waals surface area contributed by atoms with Crippen LogP contribution in [0.5, 0.6) is 0 Å². The number of rotatable bonds is 8. The van der Waals surface area contributed by atoms with Gasteiger partial charge < -0.3 is 15.7 Å². The average Bonchev–Trinajstić information content (AvgIpc) is 2.79. The van der Waals surface area contributed by atoms with Crippen molar-refractivity contribution in [1.82, 2.24) is 20.4 Å². The van der Waals surface area contributed by atoms with Crippen molar-refractivity contribution in [2.24, 2.45) is 18.9 Å². The number of hydrogen-bond acceptors (Lipinski definition) is 3. The molecule has 118 valence electrons. The van der Waals surface area contributed by atoms with Crippen molar-refractivity contribution in [1.29, 1.82) is 0 Å². The molecule has 1 atom stereocenters. The Morgan fingerprint density at radius 2 is 2.10 bits per heavy atom. The van der Waals surface area contributed by atoms with E-state index in [4.69, 9.17) is 5.11 Å². The highest BCUT2D eigenvalue weighted by Crippen LogP contribution is 2.10. The Morgan fingerprint density at radius 3 is 2.62 bits per heavy atom. The minimum absolute atomic E-state index is 0.145. The quantitative estimate of drug-likeness (QED) is 0.667. The molecule has 0 aliphatic carbocycles. The van der Waals surface area contributed by atoms with Crippen LogP contribution in [0.1, 0.15) is 25.8 Å². The van der Waals surface area contributed by atoms with Gasteiger partial charge in [0.15, 0.2) is 0 Å². The largest absolute Gasteiger partial charge is 0.481 e. The van der Waals surface area contributed by atoms with Gasteiger partial charge in [-0.3, -0.25) is 9.48 Å². The van der Waals surface area contributed by atoms with Gasteiger partial charge in [-0.15, -0.1) is 0 Å². The van der Waals surface area contributed by atoms with E-state index in [1.165, 1.54) is 0 Å². The molecule has 1 heterocycles. The molecule has 1 rings (SSSR count). The van der Waals surface area contributed by atoms with E-state index in [1.54, 1.807) is 10.9 Å². The number of aliphatic carboxylic acids is 1. The first kappa shape index (κ1) is 17.0. The van der Waals surface area contributed by atoms with Crippen LogP contribution < -0.4 is 10.6 Å². The number of carboxylic acid groups (broad SMARTS) is 1. The van der Waals surface area contributed by atoms with Gasteiger partial charge >= 0.3 is 12.0 Å². The van der Waals surface area contributed by atoms with Crippen LogP contribution in [0.25, 0.3) is 0 Å². The van der Waals surface area contributed by atoms with Crippen molar-refractivity contribution in [3.63, 3.8) is 0 Å². The van der Waals surface area contributed by atoms with Crippen LogP contribution in [0, 0.1) is 11.8 Å². The maximum atomic E-state index is 11.6. The molecular weight excluding hydrogens is 272 g/mol. The monoisotopic (exact) mass is 296 g/mol. The highest BCUT2D eigenvalue weighted by atomic mass is 16.4. The van der Waals surface area contributed by atoms with E-state index < -0.39 is 11.9 Å². The number of nitrogens with zero attached hydrogens (tertiary/aromatic N) is 2. The fraction of sp³-hybridized carbons (Fsp3) is 0.643. The normalized spacial score (nSPS) is 12.2. The molecule has 0 spiro atoms. The van der Waals surface area contributed by atoms with Gasteiger partial charge in [0.1, 0.15) is 0 Å². The van der Waals surface area contributed by atoms with E-state index in [1.807, 2.05) is 27.1 Å². The molecule has 0 saturated carbocycles. The van der Waals surface area contributed by atoms with Gasteiger partial charge in [0.05, 0.1) is 12.1 Å². The SMILES string of the molecule is CC(C)CC(CNC(=O)NCCc1cnn(C)c1)C(=O)O. The van der Waals surface area contributed by atoms with Gasteiger partial charge in [-0.25, -0.2) is 4.79 Å². The van der Waals surface area contributed by atoms with Gasteiger partial charge in [-0.2, -0.15) is 5.10 Å². The second kappa shape index (κ2) is 8.28. The predicted molar refractivity (Wildman–Crippen MR) is 78.9 cm³/mol. The number of carboxylic acids is 1. The van der Waals surface area contributed by atoms with Crippen LogP contribution in [0.2, 0.25) is 0 Å². The molecule has 0 fully saturated rings. The van der Waals surface area contributed by atoms with Crippen LogP contribution >= 0.6 is 0 Å². The maximum Gasteiger partial charge on any atom is 0.314 e. The number of carbonyl (C=O) groups is 2. The number of hydrogen-bond donors (Lipinski definition) is 3. The summed E-state index contributed by atoms with van der Waals surface area (Å²) < 4.78 is 1.71. The Balaban J connectivity index is 2.24. The third-order valence-electron chi connectivity index (χ3n) is 3.07. The van der Waals surface area contributed by atoms with E-state index in [2.05, 4.69) is 15.7 Å². The molecule has 21 heavy (non-hydrogen) atoms. The number of urea groups is 1. The molecule has 7 nitrogen and oxygen atoms in total. The summed E-state index contributed by atoms with van der Waals surface area (Å²) in [6.07, 6.45) is 4.88. The smallest absolute Gasteiger partial charge is 0.314 e. The molecule has 0 aliphatic rings. The van der Waals surface area contributed by atoms with E-state index in [-0.39, 0.29) is 18.5 Å². The Hall–Kier alpha value is -2.05. The van der Waals surface area contributed by atoms with Crippen molar-refractivity contribution in [3.05, 3.63) is 18.0 Å². The minimum atomic E-state index is -0.876. The number of carbonyl (C=O) groups excluding carboxylic acids is 1. The zero-order chi connectivity index (χ0) is 15.8. The molecule has 2 amide bonds. The van der Waals surface area contributed by atoms with Gasteiger partial charge in [0.25, 0.3) is 0 Å². The molecule has 1 unspecified atom stereocenters. The highest BCUT2D eigenvalue weighted by molar-refractivity contribution is 5.75. The summed E-state index contributed by atoms with van der Waals surface area (Å²) in [4.78, 5) is 22.7. The van der Waals surface area contributed by atoms with Gasteiger partial charge in [-0.05, 0) is 24.3 Å². The van der Waals surface area contributed by atoms with Crippen molar-refractivity contribution in [2.75, 3.05) is 13.1 Å². The number of nitrogens with one attached hydrogen (secondary N) is 2. The molecule has 3 N–H and O–H groups in total. The Bertz CT molecular complexity index is 471. The van der Waals surface area contributed by atoms with E-state index in [0.29, 0.717) is 19.4 Å². The van der Waals surface area contributed by atoms with Crippen LogP contribution in [-0.4, -0.2) is 40.0 Å². The molecule has 0 radical (unpaired) electrons. The van der Waals surface area contributed by atoms with Gasteiger partial charge in [-0.1, -0.05) is 13.8 Å². The summed E-state index contributed by atoms with van der Waals surface area (Å²) in [5.41, 5.74) is 1.04. The van der Waals surface area contributed by atoms with E-state index in [9.17, 15) is 9.59 Å². The Kier molecular flexibility index (Phi) is 6.71. The third kappa shape index (κ3) is 6.78. The molecule has 1 aromatic heterocycles. The van der Waals surface area contributed by atoms with Crippen molar-refractivity contribution >= 4 is 12.0 Å². The lowest BCUT2D eigenvalue weighted by Gasteiger charge is -2.15. The molecule has 0 aromatic carbocycles.